The topological polar surface area (TPSA) is 128 Å². The molecule has 0 amide bonds. The number of aromatic nitrogens is 2. The maximum absolute atomic E-state index is 13.2. The lowest BCUT2D eigenvalue weighted by atomic mass is 10.0. The zero-order valence-electron chi connectivity index (χ0n) is 16.3. The number of aromatic hydroxyl groups is 1. The SMILES string of the molecule is CCOC(=O)c1c(O)c2ncc(Cc3ccc(F)cc3)c3c2n(c1=O)C[C@@H](C(=O)O)O3. The molecule has 0 radical (unpaired) electrons. The molecular weight excluding hydrogens is 411 g/mol. The highest BCUT2D eigenvalue weighted by atomic mass is 19.1. The average Bonchev–Trinajstić information content (AvgIpc) is 2.74. The molecule has 1 atom stereocenters. The monoisotopic (exact) mass is 428 g/mol. The fraction of sp³-hybridized carbons (Fsp3) is 0.238. The van der Waals surface area contributed by atoms with Gasteiger partial charge in [0.25, 0.3) is 5.56 Å². The number of carboxylic acid groups (broad SMARTS) is 1. The van der Waals surface area contributed by atoms with E-state index in [0.717, 1.165) is 4.57 Å². The van der Waals surface area contributed by atoms with Crippen LogP contribution in [0.25, 0.3) is 11.0 Å². The number of carboxylic acids is 1. The number of ether oxygens (including phenoxy) is 2. The van der Waals surface area contributed by atoms with Crippen molar-refractivity contribution in [3.8, 4) is 11.5 Å². The average molecular weight is 428 g/mol. The van der Waals surface area contributed by atoms with Gasteiger partial charge < -0.3 is 19.7 Å². The molecule has 3 heterocycles. The minimum absolute atomic E-state index is 0.0219. The summed E-state index contributed by atoms with van der Waals surface area (Å²) >= 11 is 0. The molecule has 31 heavy (non-hydrogen) atoms. The van der Waals surface area contributed by atoms with Gasteiger partial charge in [0.2, 0.25) is 6.10 Å². The molecule has 0 bridgehead atoms. The van der Waals surface area contributed by atoms with Gasteiger partial charge in [0, 0.05) is 18.2 Å². The van der Waals surface area contributed by atoms with Crippen molar-refractivity contribution in [1.29, 1.82) is 0 Å². The van der Waals surface area contributed by atoms with Crippen LogP contribution in [0, 0.1) is 5.82 Å². The number of benzene rings is 1. The first-order valence-electron chi connectivity index (χ1n) is 9.40. The summed E-state index contributed by atoms with van der Waals surface area (Å²) in [7, 11) is 0. The molecular formula is C21H17FN2O7. The number of hydrogen-bond acceptors (Lipinski definition) is 7. The zero-order valence-corrected chi connectivity index (χ0v) is 16.3. The van der Waals surface area contributed by atoms with E-state index in [0.29, 0.717) is 11.1 Å². The first-order chi connectivity index (χ1) is 14.8. The van der Waals surface area contributed by atoms with Crippen LogP contribution in [0.1, 0.15) is 28.4 Å². The van der Waals surface area contributed by atoms with Crippen LogP contribution in [-0.4, -0.2) is 44.4 Å². The van der Waals surface area contributed by atoms with Gasteiger partial charge in [-0.1, -0.05) is 12.1 Å². The lowest BCUT2D eigenvalue weighted by molar-refractivity contribution is -0.146. The van der Waals surface area contributed by atoms with Crippen molar-refractivity contribution >= 4 is 23.0 Å². The van der Waals surface area contributed by atoms with Crippen molar-refractivity contribution in [3.63, 3.8) is 0 Å². The van der Waals surface area contributed by atoms with Crippen LogP contribution < -0.4 is 10.3 Å². The molecule has 4 rings (SSSR count). The molecule has 2 aromatic heterocycles. The van der Waals surface area contributed by atoms with Gasteiger partial charge in [-0.05, 0) is 24.6 Å². The van der Waals surface area contributed by atoms with Crippen LogP contribution in [0.3, 0.4) is 0 Å². The summed E-state index contributed by atoms with van der Waals surface area (Å²) < 4.78 is 24.8. The van der Waals surface area contributed by atoms with Crippen LogP contribution in [0.15, 0.2) is 35.3 Å². The Hall–Kier alpha value is -3.95. The van der Waals surface area contributed by atoms with Crippen LogP contribution >= 0.6 is 0 Å². The Balaban J connectivity index is 1.96. The Morgan fingerprint density at radius 1 is 1.32 bits per heavy atom. The molecule has 0 aliphatic carbocycles. The third-order valence-corrected chi connectivity index (χ3v) is 4.94. The van der Waals surface area contributed by atoms with E-state index in [-0.39, 0.29) is 36.4 Å². The summed E-state index contributed by atoms with van der Waals surface area (Å²) in [6.45, 7) is 1.14. The van der Waals surface area contributed by atoms with Crippen molar-refractivity contribution in [2.45, 2.75) is 26.0 Å². The number of rotatable bonds is 5. The van der Waals surface area contributed by atoms with Gasteiger partial charge in [0.15, 0.2) is 17.1 Å². The summed E-state index contributed by atoms with van der Waals surface area (Å²) in [4.78, 5) is 41.1. The summed E-state index contributed by atoms with van der Waals surface area (Å²) in [6.07, 6.45) is 0.163. The maximum atomic E-state index is 13.2. The van der Waals surface area contributed by atoms with Crippen molar-refractivity contribution < 1.29 is 33.7 Å². The molecule has 0 fully saturated rings. The van der Waals surface area contributed by atoms with Gasteiger partial charge in [-0.25, -0.2) is 14.0 Å². The number of carbonyl (C=O) groups excluding carboxylic acids is 1. The normalized spacial score (nSPS) is 14.8. The first kappa shape index (κ1) is 20.3. The quantitative estimate of drug-likeness (QED) is 0.590. The minimum Gasteiger partial charge on any atom is -0.505 e. The van der Waals surface area contributed by atoms with E-state index in [1.54, 1.807) is 19.1 Å². The highest BCUT2D eigenvalue weighted by Gasteiger charge is 2.34. The third kappa shape index (κ3) is 3.45. The predicted octanol–water partition coefficient (Wildman–Crippen LogP) is 1.85. The summed E-state index contributed by atoms with van der Waals surface area (Å²) in [5, 5.41) is 20.1. The van der Waals surface area contributed by atoms with Gasteiger partial charge in [-0.2, -0.15) is 0 Å². The van der Waals surface area contributed by atoms with Crippen molar-refractivity contribution in [3.05, 3.63) is 63.3 Å². The van der Waals surface area contributed by atoms with Gasteiger partial charge in [0.1, 0.15) is 16.9 Å². The Morgan fingerprint density at radius 2 is 2.03 bits per heavy atom. The molecule has 2 N–H and O–H groups in total. The van der Waals surface area contributed by atoms with Gasteiger partial charge in [-0.3, -0.25) is 14.3 Å². The number of halogens is 1. The third-order valence-electron chi connectivity index (χ3n) is 4.94. The molecule has 3 aromatic rings. The van der Waals surface area contributed by atoms with E-state index in [1.165, 1.54) is 18.3 Å². The number of carbonyl (C=O) groups is 2. The molecule has 0 unspecified atom stereocenters. The lowest BCUT2D eigenvalue weighted by Gasteiger charge is -2.27. The summed E-state index contributed by atoms with van der Waals surface area (Å²) in [5.74, 6) is -3.36. The lowest BCUT2D eigenvalue weighted by Crippen LogP contribution is -2.41. The first-order valence-corrected chi connectivity index (χ1v) is 9.40. The van der Waals surface area contributed by atoms with E-state index in [9.17, 15) is 29.0 Å². The molecule has 0 saturated carbocycles. The Kier molecular flexibility index (Phi) is 5.05. The minimum atomic E-state index is -1.40. The summed E-state index contributed by atoms with van der Waals surface area (Å²) in [6, 6.07) is 5.67. The van der Waals surface area contributed by atoms with Gasteiger partial charge in [0.05, 0.1) is 13.2 Å². The van der Waals surface area contributed by atoms with Crippen LogP contribution in [0.2, 0.25) is 0 Å². The second kappa shape index (κ2) is 7.71. The summed E-state index contributed by atoms with van der Waals surface area (Å²) in [5.41, 5.74) is -0.412. The van der Waals surface area contributed by atoms with Crippen molar-refractivity contribution in [1.82, 2.24) is 9.55 Å². The van der Waals surface area contributed by atoms with Crippen LogP contribution in [0.5, 0.6) is 11.5 Å². The number of hydrogen-bond donors (Lipinski definition) is 2. The highest BCUT2D eigenvalue weighted by Crippen LogP contribution is 2.37. The van der Waals surface area contributed by atoms with Gasteiger partial charge in [-0.15, -0.1) is 0 Å². The van der Waals surface area contributed by atoms with E-state index in [4.69, 9.17) is 9.47 Å². The fourth-order valence-electron chi connectivity index (χ4n) is 3.52. The standard InChI is InChI=1S/C21H17FN2O7/c1-2-30-21(29)14-17(25)15-16-18(31-13(20(27)28)9-24(16)19(14)26)11(8-23-15)7-10-3-5-12(22)6-4-10/h3-6,8,13,25H,2,7,9H2,1H3,(H,27,28)/t13-/m0/s1. The van der Waals surface area contributed by atoms with E-state index in [1.807, 2.05) is 0 Å². The molecule has 1 aliphatic heterocycles. The maximum Gasteiger partial charge on any atom is 0.347 e. The molecule has 160 valence electrons. The second-order valence-electron chi connectivity index (χ2n) is 6.92. The van der Waals surface area contributed by atoms with Crippen LogP contribution in [-0.2, 0) is 22.5 Å². The van der Waals surface area contributed by atoms with Gasteiger partial charge >= 0.3 is 11.9 Å². The molecule has 10 heteroatoms. The number of pyridine rings is 2. The zero-order chi connectivity index (χ0) is 22.3. The predicted molar refractivity (Wildman–Crippen MR) is 105 cm³/mol. The van der Waals surface area contributed by atoms with E-state index >= 15 is 0 Å². The largest absolute Gasteiger partial charge is 0.505 e. The van der Waals surface area contributed by atoms with Crippen molar-refractivity contribution in [2.24, 2.45) is 0 Å². The Labute approximate surface area is 174 Å². The molecule has 1 aliphatic rings. The van der Waals surface area contributed by atoms with E-state index < -0.39 is 40.7 Å². The molecule has 0 saturated heterocycles. The molecule has 1 aromatic carbocycles. The number of esters is 1. The van der Waals surface area contributed by atoms with Crippen molar-refractivity contribution in [2.75, 3.05) is 6.61 Å². The number of nitrogens with zero attached hydrogens (tertiary/aromatic N) is 2. The smallest absolute Gasteiger partial charge is 0.347 e. The van der Waals surface area contributed by atoms with E-state index in [2.05, 4.69) is 4.98 Å². The second-order valence-corrected chi connectivity index (χ2v) is 6.92. The number of aliphatic carboxylic acids is 1. The molecule has 0 spiro atoms. The highest BCUT2D eigenvalue weighted by molar-refractivity contribution is 6.00. The Morgan fingerprint density at radius 3 is 2.68 bits per heavy atom. The van der Waals surface area contributed by atoms with Crippen LogP contribution in [0.4, 0.5) is 4.39 Å². The molecule has 9 nitrogen and oxygen atoms in total. The fourth-order valence-corrected chi connectivity index (χ4v) is 3.52. The Bertz CT molecular complexity index is 1270.